The molecule has 21 heavy (non-hydrogen) atoms. The topological polar surface area (TPSA) is 50.7 Å². The van der Waals surface area contributed by atoms with Gasteiger partial charge in [-0.25, -0.2) is 0 Å². The minimum Gasteiger partial charge on any atom is -0.389 e. The number of nitrogens with one attached hydrogen (secondary N) is 1. The Morgan fingerprint density at radius 1 is 1.48 bits per heavy atom. The smallest absolute Gasteiger partial charge is 0.0897 e. The molecular weight excluding hydrogens is 290 g/mol. The summed E-state index contributed by atoms with van der Waals surface area (Å²) in [5.74, 6) is 0. The lowest BCUT2D eigenvalue weighted by Crippen LogP contribution is -2.42. The van der Waals surface area contributed by atoms with Gasteiger partial charge in [0.05, 0.1) is 25.4 Å². The average Bonchev–Trinajstić information content (AvgIpc) is 2.47. The normalized spacial score (nSPS) is 24.0. The Balaban J connectivity index is 1.61. The molecule has 4 nitrogen and oxygen atoms in total. The van der Waals surface area contributed by atoms with E-state index in [1.165, 1.54) is 0 Å². The number of aliphatic hydroxyl groups is 1. The Morgan fingerprint density at radius 3 is 3.05 bits per heavy atom. The second kappa shape index (κ2) is 8.71. The standard InChI is InChI=1S/C16H24ClNO3/c1-12-8-14(6-7-21-12)18-9-15(19)11-20-10-13-4-2-3-5-16(13)17/h2-5,12,14-15,18-19H,6-11H2,1H3. The highest BCUT2D eigenvalue weighted by molar-refractivity contribution is 6.31. The van der Waals surface area contributed by atoms with Crippen LogP contribution in [0.2, 0.25) is 5.02 Å². The molecule has 3 unspecified atom stereocenters. The van der Waals surface area contributed by atoms with Gasteiger partial charge in [-0.15, -0.1) is 0 Å². The minimum atomic E-state index is -0.509. The Kier molecular flexibility index (Phi) is 6.93. The van der Waals surface area contributed by atoms with Crippen LogP contribution in [0.5, 0.6) is 0 Å². The first kappa shape index (κ1) is 16.7. The minimum absolute atomic E-state index is 0.296. The maximum absolute atomic E-state index is 9.94. The maximum Gasteiger partial charge on any atom is 0.0897 e. The molecular formula is C16H24ClNO3. The van der Waals surface area contributed by atoms with Crippen LogP contribution in [0.25, 0.3) is 0 Å². The van der Waals surface area contributed by atoms with Crippen LogP contribution < -0.4 is 5.32 Å². The lowest BCUT2D eigenvalue weighted by atomic mass is 10.0. The van der Waals surface area contributed by atoms with Gasteiger partial charge in [-0.3, -0.25) is 0 Å². The van der Waals surface area contributed by atoms with Gasteiger partial charge in [-0.1, -0.05) is 29.8 Å². The van der Waals surface area contributed by atoms with Gasteiger partial charge in [0, 0.05) is 24.2 Å². The third kappa shape index (κ3) is 5.93. The van der Waals surface area contributed by atoms with Crippen molar-refractivity contribution in [3.63, 3.8) is 0 Å². The predicted molar refractivity (Wildman–Crippen MR) is 83.6 cm³/mol. The summed E-state index contributed by atoms with van der Waals surface area (Å²) in [4.78, 5) is 0. The molecule has 0 spiro atoms. The van der Waals surface area contributed by atoms with Gasteiger partial charge >= 0.3 is 0 Å². The van der Waals surface area contributed by atoms with Gasteiger partial charge < -0.3 is 19.9 Å². The van der Waals surface area contributed by atoms with Crippen molar-refractivity contribution in [1.82, 2.24) is 5.32 Å². The number of ether oxygens (including phenoxy) is 2. The first-order valence-electron chi connectivity index (χ1n) is 7.49. The predicted octanol–water partition coefficient (Wildman–Crippen LogP) is 2.37. The van der Waals surface area contributed by atoms with Crippen LogP contribution in [0.4, 0.5) is 0 Å². The lowest BCUT2D eigenvalue weighted by molar-refractivity contribution is 0.00289. The van der Waals surface area contributed by atoms with E-state index in [1.54, 1.807) is 0 Å². The Morgan fingerprint density at radius 2 is 2.29 bits per heavy atom. The van der Waals surface area contributed by atoms with Crippen LogP contribution in [0.3, 0.4) is 0 Å². The number of benzene rings is 1. The van der Waals surface area contributed by atoms with E-state index in [0.717, 1.165) is 25.0 Å². The zero-order chi connectivity index (χ0) is 15.1. The molecule has 1 fully saturated rings. The van der Waals surface area contributed by atoms with Crippen LogP contribution in [-0.4, -0.2) is 43.1 Å². The fraction of sp³-hybridized carbons (Fsp3) is 0.625. The molecule has 0 saturated carbocycles. The van der Waals surface area contributed by atoms with E-state index in [9.17, 15) is 5.11 Å². The van der Waals surface area contributed by atoms with E-state index >= 15 is 0 Å². The van der Waals surface area contributed by atoms with E-state index in [4.69, 9.17) is 21.1 Å². The van der Waals surface area contributed by atoms with Crippen LogP contribution in [0.15, 0.2) is 24.3 Å². The molecule has 0 aliphatic carbocycles. The molecule has 1 aliphatic heterocycles. The van der Waals surface area contributed by atoms with E-state index in [1.807, 2.05) is 24.3 Å². The van der Waals surface area contributed by atoms with Crippen LogP contribution in [-0.2, 0) is 16.1 Å². The fourth-order valence-electron chi connectivity index (χ4n) is 2.47. The molecule has 2 N–H and O–H groups in total. The van der Waals surface area contributed by atoms with Crippen molar-refractivity contribution in [1.29, 1.82) is 0 Å². The number of rotatable bonds is 7. The van der Waals surface area contributed by atoms with E-state index in [-0.39, 0.29) is 0 Å². The lowest BCUT2D eigenvalue weighted by Gasteiger charge is -2.28. The Labute approximate surface area is 131 Å². The molecule has 0 radical (unpaired) electrons. The summed E-state index contributed by atoms with van der Waals surface area (Å²) in [5, 5.41) is 14.0. The van der Waals surface area contributed by atoms with E-state index < -0.39 is 6.10 Å². The summed E-state index contributed by atoms with van der Waals surface area (Å²) in [7, 11) is 0. The molecule has 1 heterocycles. The zero-order valence-corrected chi connectivity index (χ0v) is 13.2. The molecule has 0 aromatic heterocycles. The second-order valence-electron chi connectivity index (χ2n) is 5.57. The third-order valence-electron chi connectivity index (χ3n) is 3.65. The van der Waals surface area contributed by atoms with Gasteiger partial charge in [-0.2, -0.15) is 0 Å². The highest BCUT2D eigenvalue weighted by Gasteiger charge is 2.19. The molecule has 5 heteroatoms. The summed E-state index contributed by atoms with van der Waals surface area (Å²) in [5.41, 5.74) is 0.942. The number of aliphatic hydroxyl groups excluding tert-OH is 1. The van der Waals surface area contributed by atoms with Gasteiger partial charge in [0.25, 0.3) is 0 Å². The molecule has 0 bridgehead atoms. The molecule has 3 atom stereocenters. The highest BCUT2D eigenvalue weighted by Crippen LogP contribution is 2.16. The summed E-state index contributed by atoms with van der Waals surface area (Å²) in [6.07, 6.45) is 1.78. The molecule has 1 saturated heterocycles. The van der Waals surface area contributed by atoms with Gasteiger partial charge in [-0.05, 0) is 31.4 Å². The number of hydrogen-bond acceptors (Lipinski definition) is 4. The fourth-order valence-corrected chi connectivity index (χ4v) is 2.66. The van der Waals surface area contributed by atoms with Crippen molar-refractivity contribution in [2.45, 2.75) is 44.6 Å². The summed E-state index contributed by atoms with van der Waals surface area (Å²) >= 11 is 6.05. The first-order chi connectivity index (χ1) is 10.1. The first-order valence-corrected chi connectivity index (χ1v) is 7.87. The van der Waals surface area contributed by atoms with Gasteiger partial charge in [0.2, 0.25) is 0 Å². The third-order valence-corrected chi connectivity index (χ3v) is 4.02. The van der Waals surface area contributed by atoms with Crippen molar-refractivity contribution in [2.24, 2.45) is 0 Å². The summed E-state index contributed by atoms with van der Waals surface area (Å²) in [6, 6.07) is 8.00. The number of hydrogen-bond donors (Lipinski definition) is 2. The van der Waals surface area contributed by atoms with Gasteiger partial charge in [0.1, 0.15) is 0 Å². The van der Waals surface area contributed by atoms with Crippen LogP contribution in [0.1, 0.15) is 25.3 Å². The average molecular weight is 314 g/mol. The molecule has 1 aromatic rings. The van der Waals surface area contributed by atoms with Crippen molar-refractivity contribution >= 4 is 11.6 Å². The Hall–Kier alpha value is -0.650. The SMILES string of the molecule is CC1CC(NCC(O)COCc2ccccc2Cl)CCO1. The number of halogens is 1. The quantitative estimate of drug-likeness (QED) is 0.811. The summed E-state index contributed by atoms with van der Waals surface area (Å²) in [6.45, 7) is 4.14. The maximum atomic E-state index is 9.94. The van der Waals surface area contributed by atoms with Gasteiger partial charge in [0.15, 0.2) is 0 Å². The van der Waals surface area contributed by atoms with Crippen molar-refractivity contribution in [3.8, 4) is 0 Å². The highest BCUT2D eigenvalue weighted by atomic mass is 35.5. The monoisotopic (exact) mass is 313 g/mol. The van der Waals surface area contributed by atoms with Crippen molar-refractivity contribution in [2.75, 3.05) is 19.8 Å². The zero-order valence-electron chi connectivity index (χ0n) is 12.4. The largest absolute Gasteiger partial charge is 0.389 e. The molecule has 1 aliphatic rings. The Bertz CT molecular complexity index is 430. The van der Waals surface area contributed by atoms with E-state index in [0.29, 0.717) is 36.9 Å². The summed E-state index contributed by atoms with van der Waals surface area (Å²) < 4.78 is 11.0. The second-order valence-corrected chi connectivity index (χ2v) is 5.98. The van der Waals surface area contributed by atoms with Crippen molar-refractivity contribution < 1.29 is 14.6 Å². The molecule has 2 rings (SSSR count). The van der Waals surface area contributed by atoms with Crippen LogP contribution in [0, 0.1) is 0 Å². The molecule has 118 valence electrons. The molecule has 1 aromatic carbocycles. The molecule has 0 amide bonds. The van der Waals surface area contributed by atoms with Crippen molar-refractivity contribution in [3.05, 3.63) is 34.9 Å². The van der Waals surface area contributed by atoms with E-state index in [2.05, 4.69) is 12.2 Å². The van der Waals surface area contributed by atoms with Crippen LogP contribution >= 0.6 is 11.6 Å².